The molecule has 0 saturated heterocycles. The van der Waals surface area contributed by atoms with Gasteiger partial charge in [-0.2, -0.15) is 8.75 Å². The van der Waals surface area contributed by atoms with E-state index in [1.807, 2.05) is 37.3 Å². The number of halogens is 3. The van der Waals surface area contributed by atoms with Crippen molar-refractivity contribution in [2.24, 2.45) is 0 Å². The number of carbonyl (C=O) groups is 1. The summed E-state index contributed by atoms with van der Waals surface area (Å²) in [4.78, 5) is 13.2. The van der Waals surface area contributed by atoms with Gasteiger partial charge in [-0.3, -0.25) is 9.35 Å². The van der Waals surface area contributed by atoms with E-state index in [0.717, 1.165) is 27.2 Å². The van der Waals surface area contributed by atoms with Gasteiger partial charge in [-0.25, -0.2) is 8.51 Å². The number of hydrogen-bond acceptors (Lipinski definition) is 5. The molecule has 1 atom stereocenters. The molecule has 0 aliphatic carbocycles. The molecule has 1 aromatic heterocycles. The van der Waals surface area contributed by atoms with Crippen LogP contribution in [0.25, 0.3) is 0 Å². The van der Waals surface area contributed by atoms with Gasteiger partial charge in [0.2, 0.25) is 0 Å². The Morgan fingerprint density at radius 3 is 2.42 bits per heavy atom. The number of nitrogens with zero attached hydrogens (tertiary/aromatic N) is 3. The third kappa shape index (κ3) is 6.05. The Morgan fingerprint density at radius 2 is 1.75 bits per heavy atom. The summed E-state index contributed by atoms with van der Waals surface area (Å²) in [5, 5.41) is 3.79. The molecule has 0 saturated carbocycles. The number of benzene rings is 3. The Hall–Kier alpha value is -2.53. The Labute approximate surface area is 229 Å². The van der Waals surface area contributed by atoms with Crippen LogP contribution in [0.4, 0.5) is 11.5 Å². The lowest BCUT2D eigenvalue weighted by Crippen LogP contribution is -2.28. The Bertz CT molecular complexity index is 1410. The van der Waals surface area contributed by atoms with Gasteiger partial charge in [0.15, 0.2) is 5.82 Å². The van der Waals surface area contributed by atoms with Gasteiger partial charge in [0, 0.05) is 33.6 Å². The zero-order valence-electron chi connectivity index (χ0n) is 18.7. The average Bonchev–Trinajstić information content (AvgIpc) is 3.26. The molecule has 0 fully saturated rings. The van der Waals surface area contributed by atoms with Crippen LogP contribution >= 0.6 is 46.5 Å². The summed E-state index contributed by atoms with van der Waals surface area (Å²) in [5.74, 6) is -0.288. The van der Waals surface area contributed by atoms with Crippen molar-refractivity contribution in [1.82, 2.24) is 14.1 Å². The maximum Gasteiger partial charge on any atom is 0.268 e. The quantitative estimate of drug-likeness (QED) is 0.229. The molecule has 186 valence electrons. The smallest absolute Gasteiger partial charge is 0.268 e. The molecule has 0 aliphatic rings. The van der Waals surface area contributed by atoms with E-state index in [-0.39, 0.29) is 23.6 Å². The van der Waals surface area contributed by atoms with E-state index in [0.29, 0.717) is 32.7 Å². The van der Waals surface area contributed by atoms with Gasteiger partial charge >= 0.3 is 0 Å². The van der Waals surface area contributed by atoms with Crippen molar-refractivity contribution in [3.8, 4) is 0 Å². The number of amides is 1. The number of aromatic nitrogens is 2. The summed E-state index contributed by atoms with van der Waals surface area (Å²) in [5.41, 5.74) is 3.15. The van der Waals surface area contributed by atoms with Crippen LogP contribution in [0, 0.1) is 6.92 Å². The zero-order valence-corrected chi connectivity index (χ0v) is 22.6. The van der Waals surface area contributed by atoms with Crippen LogP contribution in [-0.4, -0.2) is 23.4 Å². The molecular weight excluding hydrogens is 563 g/mol. The van der Waals surface area contributed by atoms with Gasteiger partial charge in [0.05, 0.1) is 23.0 Å². The molecular formula is C24H19Cl3N4O3S2. The van der Waals surface area contributed by atoms with E-state index >= 15 is 0 Å². The average molecular weight is 582 g/mol. The van der Waals surface area contributed by atoms with E-state index in [4.69, 9.17) is 34.8 Å². The molecule has 7 nitrogen and oxygen atoms in total. The molecule has 4 rings (SSSR count). The van der Waals surface area contributed by atoms with Crippen LogP contribution < -0.4 is 9.62 Å². The number of anilines is 2. The van der Waals surface area contributed by atoms with E-state index in [1.54, 1.807) is 18.2 Å². The van der Waals surface area contributed by atoms with Gasteiger partial charge in [-0.15, -0.1) is 0 Å². The fraction of sp³-hybridized carbons (Fsp3) is 0.125. The van der Waals surface area contributed by atoms with Crippen molar-refractivity contribution in [2.45, 2.75) is 19.9 Å². The van der Waals surface area contributed by atoms with Crippen LogP contribution in [0.15, 0.2) is 60.7 Å². The Morgan fingerprint density at radius 1 is 1.06 bits per heavy atom. The summed E-state index contributed by atoms with van der Waals surface area (Å²) in [6.45, 7) is 1.85. The first-order chi connectivity index (χ1) is 17.2. The van der Waals surface area contributed by atoms with Gasteiger partial charge in [-0.1, -0.05) is 71.2 Å². The number of nitrogens with one attached hydrogen (secondary N) is 1. The van der Waals surface area contributed by atoms with E-state index in [9.17, 15) is 13.6 Å². The number of aryl methyl sites for hydroxylation is 1. The normalized spacial score (nSPS) is 11.8. The first-order valence-electron chi connectivity index (χ1n) is 10.5. The largest absolute Gasteiger partial charge is 0.348 e. The van der Waals surface area contributed by atoms with Crippen molar-refractivity contribution in [3.63, 3.8) is 0 Å². The molecule has 1 amide bonds. The second kappa shape index (κ2) is 11.7. The Kier molecular flexibility index (Phi) is 8.61. The molecule has 36 heavy (non-hydrogen) atoms. The lowest BCUT2D eigenvalue weighted by atomic mass is 10.1. The van der Waals surface area contributed by atoms with Crippen molar-refractivity contribution < 1.29 is 13.6 Å². The third-order valence-electron chi connectivity index (χ3n) is 5.25. The fourth-order valence-electron chi connectivity index (χ4n) is 3.54. The maximum absolute atomic E-state index is 13.2. The topological polar surface area (TPSA) is 95.4 Å². The third-order valence-corrected chi connectivity index (χ3v) is 7.38. The monoisotopic (exact) mass is 580 g/mol. The summed E-state index contributed by atoms with van der Waals surface area (Å²) >= 11 is 16.8. The highest BCUT2D eigenvalue weighted by Gasteiger charge is 2.27. The first-order valence-corrected chi connectivity index (χ1v) is 13.5. The minimum Gasteiger partial charge on any atom is -0.348 e. The SMILES string of the molecule is Cc1ccc(C(=O)NCc2c(Cl)cc(Cl)cc2Cl)c(N(c2nsnc2Cc2ccccc2)S(=O)O)c1. The van der Waals surface area contributed by atoms with Crippen molar-refractivity contribution in [2.75, 3.05) is 4.31 Å². The standard InChI is InChI=1S/C24H19Cl3N4O3S2/c1-14-7-8-17(24(32)28-13-18-19(26)11-16(25)12-20(18)27)22(9-14)31(36(33)34)23-21(29-35-30-23)10-15-5-3-2-4-6-15/h2-9,11-12H,10,13H2,1H3,(H,28,32)(H,33,34). The summed E-state index contributed by atoms with van der Waals surface area (Å²) in [6.07, 6.45) is 0.404. The van der Waals surface area contributed by atoms with Gasteiger partial charge < -0.3 is 5.32 Å². The van der Waals surface area contributed by atoms with Crippen LogP contribution in [0.5, 0.6) is 0 Å². The van der Waals surface area contributed by atoms with Gasteiger partial charge in [0.25, 0.3) is 17.2 Å². The number of carbonyl (C=O) groups excluding carboxylic acids is 1. The van der Waals surface area contributed by atoms with Gasteiger partial charge in [0.1, 0.15) is 5.69 Å². The van der Waals surface area contributed by atoms with Crippen LogP contribution in [0.2, 0.25) is 15.1 Å². The maximum atomic E-state index is 13.2. The number of hydrogen-bond donors (Lipinski definition) is 2. The van der Waals surface area contributed by atoms with E-state index in [2.05, 4.69) is 14.1 Å². The van der Waals surface area contributed by atoms with E-state index in [1.165, 1.54) is 12.1 Å². The highest BCUT2D eigenvalue weighted by atomic mass is 35.5. The molecule has 0 spiro atoms. The lowest BCUT2D eigenvalue weighted by Gasteiger charge is -2.22. The van der Waals surface area contributed by atoms with Crippen LogP contribution in [0.3, 0.4) is 0 Å². The van der Waals surface area contributed by atoms with Crippen molar-refractivity contribution in [1.29, 1.82) is 0 Å². The molecule has 3 aromatic carbocycles. The summed E-state index contributed by atoms with van der Waals surface area (Å²) < 4.78 is 32.6. The molecule has 1 unspecified atom stereocenters. The van der Waals surface area contributed by atoms with Crippen LogP contribution in [-0.2, 0) is 24.2 Å². The van der Waals surface area contributed by atoms with Gasteiger partial charge in [-0.05, 0) is 42.3 Å². The molecule has 4 aromatic rings. The fourth-order valence-corrected chi connectivity index (χ4v) is 5.70. The van der Waals surface area contributed by atoms with Crippen molar-refractivity contribution >= 4 is 75.2 Å². The highest BCUT2D eigenvalue weighted by molar-refractivity contribution is 7.81. The summed E-state index contributed by atoms with van der Waals surface area (Å²) in [6, 6.07) is 17.6. The molecule has 2 N–H and O–H groups in total. The predicted molar refractivity (Wildman–Crippen MR) is 146 cm³/mol. The molecule has 0 radical (unpaired) electrons. The number of rotatable bonds is 8. The highest BCUT2D eigenvalue weighted by Crippen LogP contribution is 2.34. The molecule has 12 heteroatoms. The molecule has 0 bridgehead atoms. The predicted octanol–water partition coefficient (Wildman–Crippen LogP) is 6.60. The first kappa shape index (κ1) is 26.5. The summed E-state index contributed by atoms with van der Waals surface area (Å²) in [7, 11) is 0. The molecule has 0 aliphatic heterocycles. The zero-order chi connectivity index (χ0) is 25.8. The lowest BCUT2D eigenvalue weighted by molar-refractivity contribution is 0.0951. The Balaban J connectivity index is 1.68. The minimum absolute atomic E-state index is 0.0285. The second-order valence-electron chi connectivity index (χ2n) is 7.77. The minimum atomic E-state index is -2.54. The van der Waals surface area contributed by atoms with Crippen molar-refractivity contribution in [3.05, 3.63) is 104 Å². The second-order valence-corrected chi connectivity index (χ2v) is 10.4. The molecule has 1 heterocycles. The van der Waals surface area contributed by atoms with E-state index < -0.39 is 17.2 Å². The van der Waals surface area contributed by atoms with Crippen LogP contribution in [0.1, 0.15) is 32.7 Å².